The molecule has 156 valence electrons. The monoisotopic (exact) mass is 409 g/mol. The molecule has 2 heterocycles. The fraction of sp³-hybridized carbons (Fsp3) is 0.650. The molecule has 0 spiro atoms. The van der Waals surface area contributed by atoms with Crippen LogP contribution in [-0.2, 0) is 16.1 Å². The van der Waals surface area contributed by atoms with Crippen molar-refractivity contribution in [3.8, 4) is 0 Å². The highest BCUT2D eigenvalue weighted by Gasteiger charge is 2.21. The van der Waals surface area contributed by atoms with Crippen molar-refractivity contribution in [3.63, 3.8) is 0 Å². The van der Waals surface area contributed by atoms with Crippen LogP contribution in [0, 0.1) is 12.8 Å². The molecule has 1 aliphatic heterocycles. The van der Waals surface area contributed by atoms with Gasteiger partial charge in [-0.3, -0.25) is 19.2 Å². The Kier molecular flexibility index (Phi) is 8.07. The molecule has 0 atom stereocenters. The maximum atomic E-state index is 12.5. The van der Waals surface area contributed by atoms with Gasteiger partial charge in [-0.15, -0.1) is 0 Å². The van der Waals surface area contributed by atoms with Gasteiger partial charge in [0, 0.05) is 50.4 Å². The molecule has 2 rings (SSSR count). The van der Waals surface area contributed by atoms with Crippen LogP contribution < -0.4 is 5.32 Å². The third kappa shape index (κ3) is 6.34. The molecule has 2 amide bonds. The van der Waals surface area contributed by atoms with E-state index in [1.165, 1.54) is 0 Å². The van der Waals surface area contributed by atoms with Crippen molar-refractivity contribution >= 4 is 29.5 Å². The fourth-order valence-electron chi connectivity index (χ4n) is 3.18. The van der Waals surface area contributed by atoms with E-state index >= 15 is 0 Å². The molecule has 28 heavy (non-hydrogen) atoms. The number of amides is 2. The summed E-state index contributed by atoms with van der Waals surface area (Å²) in [6, 6.07) is 0.140. The molecule has 1 aromatic rings. The number of hydrogen-bond acceptors (Lipinski definition) is 4. The van der Waals surface area contributed by atoms with Crippen LogP contribution in [0.3, 0.4) is 0 Å². The highest BCUT2D eigenvalue weighted by atomic mass is 35.5. The van der Waals surface area contributed by atoms with Gasteiger partial charge in [-0.25, -0.2) is 0 Å². The van der Waals surface area contributed by atoms with Crippen LogP contribution in [0.25, 0.3) is 6.08 Å². The topological polar surface area (TPSA) is 70.5 Å². The molecule has 0 bridgehead atoms. The van der Waals surface area contributed by atoms with E-state index in [2.05, 4.69) is 29.2 Å². The van der Waals surface area contributed by atoms with Crippen molar-refractivity contribution in [2.24, 2.45) is 5.92 Å². The Morgan fingerprint density at radius 1 is 1.18 bits per heavy atom. The molecule has 0 radical (unpaired) electrons. The Balaban J connectivity index is 1.89. The maximum Gasteiger partial charge on any atom is 0.246 e. The molecule has 0 saturated carbocycles. The average Bonchev–Trinajstić information content (AvgIpc) is 2.85. The predicted molar refractivity (Wildman–Crippen MR) is 112 cm³/mol. The van der Waals surface area contributed by atoms with Gasteiger partial charge >= 0.3 is 0 Å². The minimum atomic E-state index is -0.0432. The second kappa shape index (κ2) is 10.1. The van der Waals surface area contributed by atoms with Crippen LogP contribution in [-0.4, -0.2) is 70.2 Å². The summed E-state index contributed by atoms with van der Waals surface area (Å²) in [7, 11) is 0. The minimum absolute atomic E-state index is 0.0261. The Hall–Kier alpha value is -1.86. The number of nitrogens with zero attached hydrogens (tertiary/aromatic N) is 4. The number of nitrogens with one attached hydrogen (secondary N) is 1. The molecule has 0 aromatic carbocycles. The number of carbonyl (C=O) groups excluding carboxylic acids is 2. The zero-order valence-electron chi connectivity index (χ0n) is 17.5. The smallest absolute Gasteiger partial charge is 0.246 e. The van der Waals surface area contributed by atoms with E-state index in [-0.39, 0.29) is 17.9 Å². The van der Waals surface area contributed by atoms with E-state index < -0.39 is 0 Å². The number of hydrogen-bond donors (Lipinski definition) is 1. The Morgan fingerprint density at radius 2 is 1.82 bits per heavy atom. The molecule has 1 aliphatic rings. The number of carbonyl (C=O) groups is 2. The van der Waals surface area contributed by atoms with Gasteiger partial charge in [0.25, 0.3) is 0 Å². The molecule has 7 nitrogen and oxygen atoms in total. The first kappa shape index (κ1) is 22.4. The Bertz CT molecular complexity index is 718. The average molecular weight is 410 g/mol. The van der Waals surface area contributed by atoms with Gasteiger partial charge in [0.15, 0.2) is 0 Å². The lowest BCUT2D eigenvalue weighted by Crippen LogP contribution is -2.51. The lowest BCUT2D eigenvalue weighted by Gasteiger charge is -2.33. The van der Waals surface area contributed by atoms with Crippen molar-refractivity contribution in [2.75, 3.05) is 32.7 Å². The molecule has 1 fully saturated rings. The van der Waals surface area contributed by atoms with E-state index in [9.17, 15) is 9.59 Å². The first-order valence-electron chi connectivity index (χ1n) is 9.89. The minimum Gasteiger partial charge on any atom is -0.353 e. The number of aryl methyl sites for hydroxylation is 1. The number of halogens is 1. The van der Waals surface area contributed by atoms with Crippen LogP contribution in [0.1, 0.15) is 39.0 Å². The van der Waals surface area contributed by atoms with Gasteiger partial charge < -0.3 is 10.2 Å². The van der Waals surface area contributed by atoms with Crippen molar-refractivity contribution in [2.45, 2.75) is 47.2 Å². The SMILES string of the molecule is Cc1nn(CC(C)C)c(Cl)c1/C=C/C(=O)N1CCN(CC(=O)NC(C)C)CC1. The Morgan fingerprint density at radius 3 is 2.39 bits per heavy atom. The normalized spacial score (nSPS) is 15.8. The summed E-state index contributed by atoms with van der Waals surface area (Å²) in [5.41, 5.74) is 1.61. The lowest BCUT2D eigenvalue weighted by atomic mass is 10.2. The molecular formula is C20H32ClN5O2. The van der Waals surface area contributed by atoms with E-state index in [4.69, 9.17) is 11.6 Å². The summed E-state index contributed by atoms with van der Waals surface area (Å²) >= 11 is 6.43. The number of rotatable bonds is 7. The first-order chi connectivity index (χ1) is 13.2. The maximum absolute atomic E-state index is 12.5. The summed E-state index contributed by atoms with van der Waals surface area (Å²) < 4.78 is 1.78. The van der Waals surface area contributed by atoms with Crippen LogP contribution in [0.4, 0.5) is 0 Å². The predicted octanol–water partition coefficient (Wildman–Crippen LogP) is 2.18. The van der Waals surface area contributed by atoms with Crippen LogP contribution in [0.2, 0.25) is 5.15 Å². The first-order valence-corrected chi connectivity index (χ1v) is 10.3. The fourth-order valence-corrected chi connectivity index (χ4v) is 3.49. The van der Waals surface area contributed by atoms with Crippen molar-refractivity contribution in [1.29, 1.82) is 0 Å². The molecule has 1 aromatic heterocycles. The Labute approximate surface area is 172 Å². The standard InChI is InChI=1S/C20H32ClN5O2/c1-14(2)12-26-20(21)17(16(5)23-26)6-7-19(28)25-10-8-24(9-11-25)13-18(27)22-15(3)4/h6-7,14-15H,8-13H2,1-5H3,(H,22,27)/b7-6+. The van der Waals surface area contributed by atoms with Gasteiger partial charge in [0.1, 0.15) is 5.15 Å². The van der Waals surface area contributed by atoms with Gasteiger partial charge in [0.2, 0.25) is 11.8 Å². The highest BCUT2D eigenvalue weighted by molar-refractivity contribution is 6.31. The molecule has 0 unspecified atom stereocenters. The van der Waals surface area contributed by atoms with E-state index in [0.717, 1.165) is 17.8 Å². The number of aromatic nitrogens is 2. The third-order valence-electron chi connectivity index (χ3n) is 4.54. The molecule has 1 saturated heterocycles. The largest absolute Gasteiger partial charge is 0.353 e. The van der Waals surface area contributed by atoms with Crippen LogP contribution >= 0.6 is 11.6 Å². The molecule has 0 aliphatic carbocycles. The summed E-state index contributed by atoms with van der Waals surface area (Å²) in [6.45, 7) is 13.7. The lowest BCUT2D eigenvalue weighted by molar-refractivity contribution is -0.128. The zero-order chi connectivity index (χ0) is 20.8. The molecule has 8 heteroatoms. The van der Waals surface area contributed by atoms with Crippen molar-refractivity contribution in [3.05, 3.63) is 22.5 Å². The quantitative estimate of drug-likeness (QED) is 0.701. The van der Waals surface area contributed by atoms with Crippen LogP contribution in [0.15, 0.2) is 6.08 Å². The van der Waals surface area contributed by atoms with Gasteiger partial charge in [-0.2, -0.15) is 5.10 Å². The van der Waals surface area contributed by atoms with Gasteiger partial charge in [-0.1, -0.05) is 25.4 Å². The van der Waals surface area contributed by atoms with Gasteiger partial charge in [-0.05, 0) is 32.8 Å². The second-order valence-corrected chi connectivity index (χ2v) is 8.38. The molecular weight excluding hydrogens is 378 g/mol. The third-order valence-corrected chi connectivity index (χ3v) is 4.94. The summed E-state index contributed by atoms with van der Waals surface area (Å²) in [5, 5.41) is 7.92. The summed E-state index contributed by atoms with van der Waals surface area (Å²) in [6.07, 6.45) is 3.32. The number of piperazine rings is 1. The van der Waals surface area contributed by atoms with Crippen LogP contribution in [0.5, 0.6) is 0 Å². The summed E-state index contributed by atoms with van der Waals surface area (Å²) in [5.74, 6) is 0.422. The van der Waals surface area contributed by atoms with Gasteiger partial charge in [0.05, 0.1) is 12.2 Å². The van der Waals surface area contributed by atoms with E-state index in [0.29, 0.717) is 43.8 Å². The van der Waals surface area contributed by atoms with E-state index in [1.807, 2.05) is 20.8 Å². The second-order valence-electron chi connectivity index (χ2n) is 8.02. The van der Waals surface area contributed by atoms with E-state index in [1.54, 1.807) is 21.7 Å². The van der Waals surface area contributed by atoms with Crippen molar-refractivity contribution < 1.29 is 9.59 Å². The van der Waals surface area contributed by atoms with Crippen molar-refractivity contribution in [1.82, 2.24) is 24.9 Å². The molecule has 1 N–H and O–H groups in total. The summed E-state index contributed by atoms with van der Waals surface area (Å²) in [4.78, 5) is 28.3. The zero-order valence-corrected chi connectivity index (χ0v) is 18.3. The highest BCUT2D eigenvalue weighted by Crippen LogP contribution is 2.22.